The first-order chi connectivity index (χ1) is 13.8. The van der Waals surface area contributed by atoms with Crippen LogP contribution in [0.5, 0.6) is 0 Å². The molecule has 8 nitrogen and oxygen atoms in total. The van der Waals surface area contributed by atoms with Gasteiger partial charge in [0.25, 0.3) is 0 Å². The Kier molecular flexibility index (Phi) is 6.06. The predicted molar refractivity (Wildman–Crippen MR) is 114 cm³/mol. The smallest absolute Gasteiger partial charge is 0.157 e. The van der Waals surface area contributed by atoms with Crippen LogP contribution in [0.4, 0.5) is 23.1 Å². The second-order valence-corrected chi connectivity index (χ2v) is 7.45. The zero-order valence-corrected chi connectivity index (χ0v) is 16.4. The minimum Gasteiger partial charge on any atom is -0.393 e. The Morgan fingerprint density at radius 1 is 0.893 bits per heavy atom. The molecule has 0 radical (unpaired) electrons. The molecule has 0 atom stereocenters. The lowest BCUT2D eigenvalue weighted by molar-refractivity contribution is 0.237. The van der Waals surface area contributed by atoms with E-state index in [0.29, 0.717) is 5.69 Å². The molecule has 2 aromatic heterocycles. The van der Waals surface area contributed by atoms with E-state index in [1.807, 2.05) is 18.3 Å². The number of rotatable bonds is 6. The van der Waals surface area contributed by atoms with E-state index < -0.39 is 0 Å². The monoisotopic (exact) mass is 382 g/mol. The van der Waals surface area contributed by atoms with Crippen molar-refractivity contribution in [3.8, 4) is 0 Å². The van der Waals surface area contributed by atoms with Gasteiger partial charge < -0.3 is 25.8 Å². The van der Waals surface area contributed by atoms with Crippen LogP contribution >= 0.6 is 0 Å². The van der Waals surface area contributed by atoms with E-state index >= 15 is 0 Å². The van der Waals surface area contributed by atoms with Gasteiger partial charge in [-0.05, 0) is 38.1 Å². The van der Waals surface area contributed by atoms with Crippen LogP contribution in [0, 0.1) is 0 Å². The fourth-order valence-corrected chi connectivity index (χ4v) is 3.98. The summed E-state index contributed by atoms with van der Waals surface area (Å²) in [6.45, 7) is 7.82. The van der Waals surface area contributed by atoms with Crippen LogP contribution in [-0.2, 0) is 0 Å². The fourth-order valence-electron chi connectivity index (χ4n) is 3.98. The summed E-state index contributed by atoms with van der Waals surface area (Å²) in [6.07, 6.45) is 7.43. The molecular weight excluding hydrogens is 352 g/mol. The van der Waals surface area contributed by atoms with Crippen molar-refractivity contribution in [2.45, 2.75) is 19.3 Å². The molecule has 3 N–H and O–H groups in total. The Balaban J connectivity index is 1.33. The van der Waals surface area contributed by atoms with Crippen molar-refractivity contribution in [1.82, 2.24) is 19.9 Å². The second-order valence-electron chi connectivity index (χ2n) is 7.45. The summed E-state index contributed by atoms with van der Waals surface area (Å²) >= 11 is 0. The second kappa shape index (κ2) is 9.05. The summed E-state index contributed by atoms with van der Waals surface area (Å²) in [5, 5.41) is 3.41. The molecule has 28 heavy (non-hydrogen) atoms. The highest BCUT2D eigenvalue weighted by Gasteiger charge is 2.22. The Morgan fingerprint density at radius 3 is 2.43 bits per heavy atom. The summed E-state index contributed by atoms with van der Waals surface area (Å²) in [5.41, 5.74) is 7.06. The molecule has 2 saturated heterocycles. The lowest BCUT2D eigenvalue weighted by atomic mass is 10.1. The van der Waals surface area contributed by atoms with Gasteiger partial charge in [-0.2, -0.15) is 0 Å². The predicted octanol–water partition coefficient (Wildman–Crippen LogP) is 1.68. The molecule has 8 heteroatoms. The maximum Gasteiger partial charge on any atom is 0.157 e. The number of nitrogens with two attached hydrogens (primary N) is 1. The van der Waals surface area contributed by atoms with Gasteiger partial charge in [-0.3, -0.25) is 0 Å². The number of nitrogen functional groups attached to an aromatic ring is 1. The molecule has 0 amide bonds. The summed E-state index contributed by atoms with van der Waals surface area (Å²) in [7, 11) is 0. The number of nitrogens with zero attached hydrogens (tertiary/aromatic N) is 6. The molecule has 4 heterocycles. The highest BCUT2D eigenvalue weighted by molar-refractivity contribution is 5.75. The normalized spacial score (nSPS) is 18.3. The molecule has 0 aromatic carbocycles. The summed E-state index contributed by atoms with van der Waals surface area (Å²) in [5.74, 6) is 2.60. The molecule has 0 saturated carbocycles. The highest BCUT2D eigenvalue weighted by atomic mass is 15.3. The van der Waals surface area contributed by atoms with Gasteiger partial charge >= 0.3 is 0 Å². The summed E-state index contributed by atoms with van der Waals surface area (Å²) < 4.78 is 0. The third-order valence-electron chi connectivity index (χ3n) is 5.58. The molecule has 2 fully saturated rings. The third-order valence-corrected chi connectivity index (χ3v) is 5.58. The first kappa shape index (κ1) is 18.7. The number of piperidine rings is 1. The molecule has 150 valence electrons. The van der Waals surface area contributed by atoms with Crippen LogP contribution in [0.1, 0.15) is 19.3 Å². The van der Waals surface area contributed by atoms with Crippen LogP contribution < -0.4 is 20.9 Å². The quantitative estimate of drug-likeness (QED) is 0.780. The molecule has 2 aliphatic heterocycles. The van der Waals surface area contributed by atoms with Gasteiger partial charge in [-0.15, -0.1) is 0 Å². The van der Waals surface area contributed by atoms with E-state index in [2.05, 4.69) is 41.0 Å². The van der Waals surface area contributed by atoms with Crippen molar-refractivity contribution in [2.75, 3.05) is 73.2 Å². The number of hydrogen-bond acceptors (Lipinski definition) is 8. The van der Waals surface area contributed by atoms with Gasteiger partial charge in [0.15, 0.2) is 11.6 Å². The van der Waals surface area contributed by atoms with Crippen LogP contribution in [0.3, 0.4) is 0 Å². The van der Waals surface area contributed by atoms with E-state index in [-0.39, 0.29) is 0 Å². The Bertz CT molecular complexity index is 739. The highest BCUT2D eigenvalue weighted by Crippen LogP contribution is 2.27. The van der Waals surface area contributed by atoms with Crippen LogP contribution in [-0.4, -0.2) is 72.2 Å². The zero-order chi connectivity index (χ0) is 19.2. The van der Waals surface area contributed by atoms with Crippen molar-refractivity contribution in [3.05, 3.63) is 30.7 Å². The van der Waals surface area contributed by atoms with E-state index in [9.17, 15) is 0 Å². The Labute approximate surface area is 166 Å². The van der Waals surface area contributed by atoms with Gasteiger partial charge in [0.1, 0.15) is 17.8 Å². The maximum atomic E-state index is 6.41. The lowest BCUT2D eigenvalue weighted by Gasteiger charge is -2.36. The van der Waals surface area contributed by atoms with Crippen LogP contribution in [0.2, 0.25) is 0 Å². The van der Waals surface area contributed by atoms with Gasteiger partial charge in [0.2, 0.25) is 0 Å². The maximum absolute atomic E-state index is 6.41. The molecular formula is C20H30N8. The first-order valence-electron chi connectivity index (χ1n) is 10.3. The van der Waals surface area contributed by atoms with Crippen LogP contribution in [0.25, 0.3) is 0 Å². The fraction of sp³-hybridized carbons (Fsp3) is 0.550. The zero-order valence-electron chi connectivity index (χ0n) is 16.4. The molecule has 0 bridgehead atoms. The van der Waals surface area contributed by atoms with Crippen molar-refractivity contribution in [2.24, 2.45) is 0 Å². The number of likely N-dealkylation sites (tertiary alicyclic amines) is 1. The average molecular weight is 383 g/mol. The molecule has 2 aromatic rings. The van der Waals surface area contributed by atoms with Crippen molar-refractivity contribution >= 4 is 23.1 Å². The van der Waals surface area contributed by atoms with E-state index in [0.717, 1.165) is 56.7 Å². The number of nitrogens with one attached hydrogen (secondary N) is 1. The van der Waals surface area contributed by atoms with Gasteiger partial charge in [0.05, 0.1) is 0 Å². The molecule has 0 spiro atoms. The van der Waals surface area contributed by atoms with E-state index in [1.54, 1.807) is 6.33 Å². The van der Waals surface area contributed by atoms with Crippen molar-refractivity contribution in [3.63, 3.8) is 0 Å². The lowest BCUT2D eigenvalue weighted by Crippen LogP contribution is -2.47. The minimum absolute atomic E-state index is 0.646. The SMILES string of the molecule is Nc1c(NCCN2CCCCC2)ncnc1N1CCN(c2ccccn2)CC1. The number of pyridine rings is 1. The average Bonchev–Trinajstić information content (AvgIpc) is 2.76. The summed E-state index contributed by atoms with van der Waals surface area (Å²) in [4.78, 5) is 20.3. The number of anilines is 4. The largest absolute Gasteiger partial charge is 0.393 e. The van der Waals surface area contributed by atoms with Crippen molar-refractivity contribution in [1.29, 1.82) is 0 Å². The van der Waals surface area contributed by atoms with E-state index in [4.69, 9.17) is 5.73 Å². The van der Waals surface area contributed by atoms with Crippen molar-refractivity contribution < 1.29 is 0 Å². The van der Waals surface area contributed by atoms with Crippen LogP contribution in [0.15, 0.2) is 30.7 Å². The Hall–Kier alpha value is -2.61. The third kappa shape index (κ3) is 4.44. The summed E-state index contributed by atoms with van der Waals surface area (Å²) in [6, 6.07) is 6.03. The number of hydrogen-bond donors (Lipinski definition) is 2. The molecule has 0 unspecified atom stereocenters. The number of piperazine rings is 1. The minimum atomic E-state index is 0.646. The van der Waals surface area contributed by atoms with Gasteiger partial charge in [0, 0.05) is 45.5 Å². The molecule has 4 rings (SSSR count). The molecule has 2 aliphatic rings. The van der Waals surface area contributed by atoms with E-state index in [1.165, 1.54) is 32.4 Å². The number of aromatic nitrogens is 3. The first-order valence-corrected chi connectivity index (χ1v) is 10.3. The topological polar surface area (TPSA) is 86.4 Å². The van der Waals surface area contributed by atoms with Gasteiger partial charge in [-0.1, -0.05) is 12.5 Å². The standard InChI is InChI=1S/C20H30N8/c21-18-19(23-8-11-26-9-4-1-5-10-26)24-16-25-20(18)28-14-12-27(13-15-28)17-6-2-3-7-22-17/h2-3,6-7,16H,1,4-5,8-15,21H2,(H,23,24,25). The molecule has 0 aliphatic carbocycles. The van der Waals surface area contributed by atoms with Gasteiger partial charge in [-0.25, -0.2) is 15.0 Å². The Morgan fingerprint density at radius 2 is 1.68 bits per heavy atom.